The van der Waals surface area contributed by atoms with E-state index in [1.165, 1.54) is 17.7 Å². The highest BCUT2D eigenvalue weighted by atomic mass is 16.2. The number of carbonyl (C=O) groups excluding carboxylic acids is 2. The van der Waals surface area contributed by atoms with Crippen LogP contribution in [0.5, 0.6) is 0 Å². The van der Waals surface area contributed by atoms with Crippen molar-refractivity contribution in [2.24, 2.45) is 5.92 Å². The highest BCUT2D eigenvalue weighted by Gasteiger charge is 2.25. The number of aryl methyl sites for hydroxylation is 1. The molecule has 0 radical (unpaired) electrons. The van der Waals surface area contributed by atoms with Crippen LogP contribution in [0.1, 0.15) is 36.6 Å². The Hall–Kier alpha value is -2.82. The molecule has 2 aliphatic rings. The number of aromatic amines is 1. The standard InChI is InChI=1S/C20H21N3O2/c1-12(10-15-13-6-2-5-9-17(13)22-20(15)25)19(24)23-18-11-21-16-8-4-3-7-14(16)18/h2,5-6,9-12,21H,3-4,7-8H2,1H3,(H,22,25)(H,23,24). The van der Waals surface area contributed by atoms with Gasteiger partial charge in [-0.1, -0.05) is 31.2 Å². The van der Waals surface area contributed by atoms with E-state index in [0.29, 0.717) is 5.57 Å². The number of anilines is 2. The third kappa shape index (κ3) is 2.86. The maximum Gasteiger partial charge on any atom is 0.256 e. The van der Waals surface area contributed by atoms with Crippen LogP contribution in [0.15, 0.2) is 36.5 Å². The summed E-state index contributed by atoms with van der Waals surface area (Å²) in [7, 11) is 0. The molecule has 128 valence electrons. The minimum atomic E-state index is -0.402. The second-order valence-corrected chi connectivity index (χ2v) is 6.72. The average Bonchev–Trinajstić information content (AvgIpc) is 3.16. The van der Waals surface area contributed by atoms with Gasteiger partial charge in [0, 0.05) is 28.7 Å². The van der Waals surface area contributed by atoms with Gasteiger partial charge in [0.15, 0.2) is 0 Å². The number of rotatable bonds is 3. The number of hydrogen-bond donors (Lipinski definition) is 3. The van der Waals surface area contributed by atoms with Crippen molar-refractivity contribution in [1.29, 1.82) is 0 Å². The van der Waals surface area contributed by atoms with Crippen molar-refractivity contribution in [3.8, 4) is 0 Å². The first kappa shape index (κ1) is 15.7. The molecule has 5 heteroatoms. The molecule has 2 heterocycles. The lowest BCUT2D eigenvalue weighted by Gasteiger charge is -2.14. The maximum atomic E-state index is 12.6. The third-order valence-corrected chi connectivity index (χ3v) is 4.98. The van der Waals surface area contributed by atoms with Crippen molar-refractivity contribution in [1.82, 2.24) is 4.98 Å². The summed E-state index contributed by atoms with van der Waals surface area (Å²) in [6.45, 7) is 1.82. The first-order valence-electron chi connectivity index (χ1n) is 8.76. The quantitative estimate of drug-likeness (QED) is 0.751. The first-order valence-corrected chi connectivity index (χ1v) is 8.76. The Morgan fingerprint density at radius 3 is 2.92 bits per heavy atom. The fourth-order valence-electron chi connectivity index (χ4n) is 3.60. The molecule has 5 nitrogen and oxygen atoms in total. The molecule has 1 aliphatic carbocycles. The number of nitrogens with one attached hydrogen (secondary N) is 3. The van der Waals surface area contributed by atoms with Crippen molar-refractivity contribution in [3.05, 3.63) is 53.4 Å². The lowest BCUT2D eigenvalue weighted by atomic mass is 9.97. The van der Waals surface area contributed by atoms with E-state index in [1.807, 2.05) is 37.4 Å². The summed E-state index contributed by atoms with van der Waals surface area (Å²) in [5, 5.41) is 5.85. The predicted octanol–water partition coefficient (Wildman–Crippen LogP) is 3.50. The summed E-state index contributed by atoms with van der Waals surface area (Å²) < 4.78 is 0. The van der Waals surface area contributed by atoms with Gasteiger partial charge in [0.25, 0.3) is 5.91 Å². The second-order valence-electron chi connectivity index (χ2n) is 6.72. The molecule has 2 amide bonds. The monoisotopic (exact) mass is 335 g/mol. The number of aromatic nitrogens is 1. The molecule has 0 bridgehead atoms. The fourth-order valence-corrected chi connectivity index (χ4v) is 3.60. The minimum Gasteiger partial charge on any atom is -0.363 e. The summed E-state index contributed by atoms with van der Waals surface area (Å²) in [5.74, 6) is -0.655. The van der Waals surface area contributed by atoms with Crippen LogP contribution < -0.4 is 10.6 Å². The number of H-pyrrole nitrogens is 1. The van der Waals surface area contributed by atoms with E-state index in [1.54, 1.807) is 6.08 Å². The largest absolute Gasteiger partial charge is 0.363 e. The lowest BCUT2D eigenvalue weighted by Crippen LogP contribution is -2.20. The van der Waals surface area contributed by atoms with Gasteiger partial charge in [-0.3, -0.25) is 9.59 Å². The zero-order valence-corrected chi connectivity index (χ0v) is 14.2. The SMILES string of the molecule is CC(C=C1C(=O)Nc2ccccc21)C(=O)Nc1c[nH]c2c1CCCC2. The van der Waals surface area contributed by atoms with Crippen LogP contribution in [-0.4, -0.2) is 16.8 Å². The van der Waals surface area contributed by atoms with Crippen LogP contribution in [0.25, 0.3) is 5.57 Å². The molecule has 0 fully saturated rings. The molecule has 1 unspecified atom stereocenters. The smallest absolute Gasteiger partial charge is 0.256 e. The molecule has 3 N–H and O–H groups in total. The Morgan fingerprint density at radius 1 is 1.24 bits per heavy atom. The Bertz CT molecular complexity index is 879. The van der Waals surface area contributed by atoms with E-state index in [-0.39, 0.29) is 11.8 Å². The molecule has 1 atom stereocenters. The summed E-state index contributed by atoms with van der Waals surface area (Å²) >= 11 is 0. The number of para-hydroxylation sites is 1. The van der Waals surface area contributed by atoms with E-state index in [0.717, 1.165) is 36.2 Å². The highest BCUT2D eigenvalue weighted by Crippen LogP contribution is 2.32. The molecule has 0 saturated carbocycles. The van der Waals surface area contributed by atoms with Crippen LogP contribution >= 0.6 is 0 Å². The normalized spacial score (nSPS) is 18.4. The Labute approximate surface area is 146 Å². The van der Waals surface area contributed by atoms with Gasteiger partial charge in [-0.15, -0.1) is 0 Å². The zero-order chi connectivity index (χ0) is 17.4. The minimum absolute atomic E-state index is 0.0999. The third-order valence-electron chi connectivity index (χ3n) is 4.98. The molecule has 0 spiro atoms. The Kier molecular flexibility index (Phi) is 3.92. The molecule has 1 aliphatic heterocycles. The van der Waals surface area contributed by atoms with Crippen molar-refractivity contribution >= 4 is 28.8 Å². The summed E-state index contributed by atoms with van der Waals surface area (Å²) in [6.07, 6.45) is 8.02. The number of benzene rings is 1. The maximum absolute atomic E-state index is 12.6. The molecule has 25 heavy (non-hydrogen) atoms. The first-order chi connectivity index (χ1) is 12.1. The van der Waals surface area contributed by atoms with Crippen LogP contribution in [0.3, 0.4) is 0 Å². The number of amides is 2. The van der Waals surface area contributed by atoms with Crippen LogP contribution in [-0.2, 0) is 22.4 Å². The van der Waals surface area contributed by atoms with Gasteiger partial charge in [0.1, 0.15) is 0 Å². The van der Waals surface area contributed by atoms with E-state index < -0.39 is 5.92 Å². The topological polar surface area (TPSA) is 74.0 Å². The molecular formula is C20H21N3O2. The van der Waals surface area contributed by atoms with Gasteiger partial charge in [-0.25, -0.2) is 0 Å². The lowest BCUT2D eigenvalue weighted by molar-refractivity contribution is -0.118. The van der Waals surface area contributed by atoms with Gasteiger partial charge < -0.3 is 15.6 Å². The van der Waals surface area contributed by atoms with E-state index in [9.17, 15) is 9.59 Å². The highest BCUT2D eigenvalue weighted by molar-refractivity contribution is 6.31. The number of fused-ring (bicyclic) bond motifs is 2. The van der Waals surface area contributed by atoms with Gasteiger partial charge in [0.2, 0.25) is 5.91 Å². The molecule has 0 saturated heterocycles. The van der Waals surface area contributed by atoms with Crippen LogP contribution in [0.4, 0.5) is 11.4 Å². The zero-order valence-electron chi connectivity index (χ0n) is 14.2. The van der Waals surface area contributed by atoms with Crippen molar-refractivity contribution in [3.63, 3.8) is 0 Å². The van der Waals surface area contributed by atoms with Crippen molar-refractivity contribution in [2.75, 3.05) is 10.6 Å². The number of hydrogen-bond acceptors (Lipinski definition) is 2. The summed E-state index contributed by atoms with van der Waals surface area (Å²) in [6, 6.07) is 7.54. The Morgan fingerprint density at radius 2 is 2.04 bits per heavy atom. The van der Waals surface area contributed by atoms with Gasteiger partial charge >= 0.3 is 0 Å². The number of carbonyl (C=O) groups is 2. The van der Waals surface area contributed by atoms with Crippen molar-refractivity contribution in [2.45, 2.75) is 32.6 Å². The Balaban J connectivity index is 1.53. The second kappa shape index (κ2) is 6.24. The average molecular weight is 335 g/mol. The van der Waals surface area contributed by atoms with E-state index >= 15 is 0 Å². The van der Waals surface area contributed by atoms with E-state index in [2.05, 4.69) is 15.6 Å². The molecule has 4 rings (SSSR count). The van der Waals surface area contributed by atoms with Gasteiger partial charge in [-0.2, -0.15) is 0 Å². The molecule has 1 aromatic heterocycles. The molecule has 1 aromatic carbocycles. The van der Waals surface area contributed by atoms with E-state index in [4.69, 9.17) is 0 Å². The van der Waals surface area contributed by atoms with Gasteiger partial charge in [0.05, 0.1) is 11.6 Å². The fraction of sp³-hybridized carbons (Fsp3) is 0.300. The summed E-state index contributed by atoms with van der Waals surface area (Å²) in [5.41, 5.74) is 5.55. The predicted molar refractivity (Wildman–Crippen MR) is 98.3 cm³/mol. The van der Waals surface area contributed by atoms with Crippen LogP contribution in [0, 0.1) is 5.92 Å². The summed E-state index contributed by atoms with van der Waals surface area (Å²) in [4.78, 5) is 28.1. The van der Waals surface area contributed by atoms with Gasteiger partial charge in [-0.05, 0) is 37.3 Å². The molecular weight excluding hydrogens is 314 g/mol. The molecule has 2 aromatic rings. The van der Waals surface area contributed by atoms with Crippen LogP contribution in [0.2, 0.25) is 0 Å². The van der Waals surface area contributed by atoms with Crippen molar-refractivity contribution < 1.29 is 9.59 Å².